The summed E-state index contributed by atoms with van der Waals surface area (Å²) >= 11 is 0. The molecule has 1 aliphatic rings. The maximum absolute atomic E-state index is 11.1. The van der Waals surface area contributed by atoms with Gasteiger partial charge in [-0.05, 0) is 19.8 Å². The van der Waals surface area contributed by atoms with Gasteiger partial charge in [-0.3, -0.25) is 9.59 Å². The summed E-state index contributed by atoms with van der Waals surface area (Å²) in [5, 5.41) is 0. The SMILES string of the molecule is CC(=O)C1CC=CCCOC1=O. The molecule has 0 aliphatic carbocycles. The Hall–Kier alpha value is -1.12. The molecule has 0 bridgehead atoms. The molecule has 3 nitrogen and oxygen atoms in total. The maximum Gasteiger partial charge on any atom is 0.316 e. The Morgan fingerprint density at radius 3 is 3.00 bits per heavy atom. The summed E-state index contributed by atoms with van der Waals surface area (Å²) in [4.78, 5) is 22.1. The summed E-state index contributed by atoms with van der Waals surface area (Å²) in [5.74, 6) is -1.08. The molecule has 0 amide bonds. The Balaban J connectivity index is 2.67. The van der Waals surface area contributed by atoms with Crippen molar-refractivity contribution in [3.8, 4) is 0 Å². The average Bonchev–Trinajstić information content (AvgIpc) is 1.96. The lowest BCUT2D eigenvalue weighted by Gasteiger charge is -2.12. The minimum atomic E-state index is -0.582. The van der Waals surface area contributed by atoms with Gasteiger partial charge in [0.05, 0.1) is 6.61 Å². The Morgan fingerprint density at radius 1 is 1.58 bits per heavy atom. The van der Waals surface area contributed by atoms with E-state index in [1.807, 2.05) is 12.2 Å². The summed E-state index contributed by atoms with van der Waals surface area (Å²) in [7, 11) is 0. The van der Waals surface area contributed by atoms with Crippen LogP contribution in [-0.4, -0.2) is 18.4 Å². The highest BCUT2D eigenvalue weighted by molar-refractivity contribution is 5.97. The molecule has 0 aromatic heterocycles. The van der Waals surface area contributed by atoms with Crippen LogP contribution in [0.3, 0.4) is 0 Å². The third-order valence-electron chi connectivity index (χ3n) is 1.84. The normalized spacial score (nSPS) is 24.1. The molecule has 0 aromatic rings. The van der Waals surface area contributed by atoms with Gasteiger partial charge in [-0.15, -0.1) is 0 Å². The van der Waals surface area contributed by atoms with Crippen LogP contribution in [-0.2, 0) is 14.3 Å². The quantitative estimate of drug-likeness (QED) is 0.334. The molecule has 0 radical (unpaired) electrons. The third-order valence-corrected chi connectivity index (χ3v) is 1.84. The van der Waals surface area contributed by atoms with Gasteiger partial charge >= 0.3 is 5.97 Å². The smallest absolute Gasteiger partial charge is 0.316 e. The summed E-state index contributed by atoms with van der Waals surface area (Å²) < 4.78 is 4.85. The second kappa shape index (κ2) is 4.04. The first-order chi connectivity index (χ1) is 5.72. The summed E-state index contributed by atoms with van der Waals surface area (Å²) in [6.45, 7) is 1.81. The van der Waals surface area contributed by atoms with E-state index in [1.165, 1.54) is 6.92 Å². The molecule has 0 saturated heterocycles. The van der Waals surface area contributed by atoms with Gasteiger partial charge in [0.2, 0.25) is 0 Å². The number of carbonyl (C=O) groups excluding carboxylic acids is 2. The molecule has 0 saturated carbocycles. The van der Waals surface area contributed by atoms with Crippen LogP contribution < -0.4 is 0 Å². The molecular weight excluding hydrogens is 156 g/mol. The Morgan fingerprint density at radius 2 is 2.33 bits per heavy atom. The highest BCUT2D eigenvalue weighted by atomic mass is 16.5. The first-order valence-electron chi connectivity index (χ1n) is 4.04. The van der Waals surface area contributed by atoms with Gasteiger partial charge in [0, 0.05) is 0 Å². The fourth-order valence-electron chi connectivity index (χ4n) is 1.11. The molecule has 0 fully saturated rings. The monoisotopic (exact) mass is 168 g/mol. The number of ketones is 1. The first-order valence-corrected chi connectivity index (χ1v) is 4.04. The predicted molar refractivity (Wildman–Crippen MR) is 43.5 cm³/mol. The molecule has 0 spiro atoms. The Labute approximate surface area is 71.4 Å². The summed E-state index contributed by atoms with van der Waals surface area (Å²) in [6.07, 6.45) is 5.03. The minimum Gasteiger partial charge on any atom is -0.465 e. The summed E-state index contributed by atoms with van der Waals surface area (Å²) in [5.41, 5.74) is 0. The van der Waals surface area contributed by atoms with Crippen LogP contribution in [0.2, 0.25) is 0 Å². The maximum atomic E-state index is 11.1. The van der Waals surface area contributed by atoms with Gasteiger partial charge in [0.1, 0.15) is 11.7 Å². The lowest BCUT2D eigenvalue weighted by atomic mass is 10.0. The topological polar surface area (TPSA) is 43.4 Å². The molecule has 0 N–H and O–H groups in total. The fraction of sp³-hybridized carbons (Fsp3) is 0.556. The molecule has 66 valence electrons. The molecule has 0 aromatic carbocycles. The van der Waals surface area contributed by atoms with E-state index in [0.717, 1.165) is 6.42 Å². The van der Waals surface area contributed by atoms with E-state index in [-0.39, 0.29) is 11.8 Å². The number of allylic oxidation sites excluding steroid dienone is 1. The van der Waals surface area contributed by atoms with Gasteiger partial charge in [-0.1, -0.05) is 12.2 Å². The highest BCUT2D eigenvalue weighted by Crippen LogP contribution is 2.11. The zero-order valence-electron chi connectivity index (χ0n) is 7.08. The predicted octanol–water partition coefficient (Wildman–Crippen LogP) is 1.08. The van der Waals surface area contributed by atoms with E-state index >= 15 is 0 Å². The third kappa shape index (κ3) is 2.19. The fourth-order valence-corrected chi connectivity index (χ4v) is 1.11. The van der Waals surface area contributed by atoms with E-state index in [4.69, 9.17) is 4.74 Å². The van der Waals surface area contributed by atoms with Gasteiger partial charge < -0.3 is 4.74 Å². The molecule has 3 heteroatoms. The van der Waals surface area contributed by atoms with E-state index in [0.29, 0.717) is 13.0 Å². The van der Waals surface area contributed by atoms with Crippen molar-refractivity contribution < 1.29 is 14.3 Å². The summed E-state index contributed by atoms with van der Waals surface area (Å²) in [6, 6.07) is 0. The number of carbonyl (C=O) groups is 2. The minimum absolute atomic E-state index is 0.119. The lowest BCUT2D eigenvalue weighted by molar-refractivity contribution is -0.151. The van der Waals surface area contributed by atoms with E-state index in [2.05, 4.69) is 0 Å². The molecular formula is C9H12O3. The molecule has 12 heavy (non-hydrogen) atoms. The van der Waals surface area contributed by atoms with Crippen molar-refractivity contribution in [1.29, 1.82) is 0 Å². The number of esters is 1. The van der Waals surface area contributed by atoms with Gasteiger partial charge in [-0.2, -0.15) is 0 Å². The van der Waals surface area contributed by atoms with Crippen LogP contribution in [0, 0.1) is 5.92 Å². The van der Waals surface area contributed by atoms with Crippen LogP contribution in [0.4, 0.5) is 0 Å². The standard InChI is InChI=1S/C9H12O3/c1-7(10)8-5-3-2-4-6-12-9(8)11/h2-3,8H,4-6H2,1H3. The van der Waals surface area contributed by atoms with Gasteiger partial charge in [-0.25, -0.2) is 0 Å². The average molecular weight is 168 g/mol. The molecule has 1 aliphatic heterocycles. The molecule has 1 heterocycles. The van der Waals surface area contributed by atoms with E-state index in [9.17, 15) is 9.59 Å². The van der Waals surface area contributed by atoms with Crippen molar-refractivity contribution >= 4 is 11.8 Å². The number of hydrogen-bond donors (Lipinski definition) is 0. The molecule has 1 atom stereocenters. The first kappa shape index (κ1) is 8.97. The lowest BCUT2D eigenvalue weighted by Crippen LogP contribution is -2.24. The van der Waals surface area contributed by atoms with Crippen LogP contribution in [0.1, 0.15) is 19.8 Å². The van der Waals surface area contributed by atoms with Crippen molar-refractivity contribution in [2.75, 3.05) is 6.61 Å². The zero-order chi connectivity index (χ0) is 8.97. The van der Waals surface area contributed by atoms with Gasteiger partial charge in [0.25, 0.3) is 0 Å². The molecule has 1 rings (SSSR count). The van der Waals surface area contributed by atoms with Crippen molar-refractivity contribution in [3.05, 3.63) is 12.2 Å². The number of rotatable bonds is 1. The van der Waals surface area contributed by atoms with Crippen molar-refractivity contribution in [2.24, 2.45) is 5.92 Å². The zero-order valence-corrected chi connectivity index (χ0v) is 7.08. The number of hydrogen-bond acceptors (Lipinski definition) is 3. The number of Topliss-reactive ketones (excluding diaryl/α,β-unsaturated/α-hetero) is 1. The Bertz CT molecular complexity index is 218. The second-order valence-electron chi connectivity index (χ2n) is 2.83. The van der Waals surface area contributed by atoms with Crippen LogP contribution >= 0.6 is 0 Å². The van der Waals surface area contributed by atoms with Crippen LogP contribution in [0.15, 0.2) is 12.2 Å². The van der Waals surface area contributed by atoms with Crippen LogP contribution in [0.5, 0.6) is 0 Å². The van der Waals surface area contributed by atoms with Crippen molar-refractivity contribution in [2.45, 2.75) is 19.8 Å². The second-order valence-corrected chi connectivity index (χ2v) is 2.83. The number of cyclic esters (lactones) is 1. The molecule has 1 unspecified atom stereocenters. The van der Waals surface area contributed by atoms with Crippen LogP contribution in [0.25, 0.3) is 0 Å². The van der Waals surface area contributed by atoms with Crippen molar-refractivity contribution in [3.63, 3.8) is 0 Å². The van der Waals surface area contributed by atoms with Crippen molar-refractivity contribution in [1.82, 2.24) is 0 Å². The van der Waals surface area contributed by atoms with Gasteiger partial charge in [0.15, 0.2) is 0 Å². The Kier molecular flexibility index (Phi) is 3.02. The number of ether oxygens (including phenoxy) is 1. The largest absolute Gasteiger partial charge is 0.465 e. The van der Waals surface area contributed by atoms with E-state index < -0.39 is 5.92 Å². The highest BCUT2D eigenvalue weighted by Gasteiger charge is 2.23. The van der Waals surface area contributed by atoms with E-state index in [1.54, 1.807) is 0 Å².